The third kappa shape index (κ3) is 11.4. The number of hydrogen-bond acceptors (Lipinski definition) is 17. The molecule has 3 aliphatic heterocycles. The first-order valence-corrected chi connectivity index (χ1v) is 24.0. The van der Waals surface area contributed by atoms with Crippen LogP contribution in [0, 0.1) is 18.6 Å². The first-order valence-electron chi connectivity index (χ1n) is 24.0. The van der Waals surface area contributed by atoms with E-state index in [-0.39, 0.29) is 52.7 Å². The molecule has 23 heteroatoms. The quantitative estimate of drug-likeness (QED) is 0.0637. The van der Waals surface area contributed by atoms with E-state index in [1.807, 2.05) is 43.7 Å². The van der Waals surface area contributed by atoms with E-state index in [1.165, 1.54) is 6.07 Å². The van der Waals surface area contributed by atoms with Crippen LogP contribution in [0.25, 0.3) is 22.3 Å². The van der Waals surface area contributed by atoms with Crippen LogP contribution in [0.1, 0.15) is 70.5 Å². The van der Waals surface area contributed by atoms with E-state index in [4.69, 9.17) is 14.2 Å². The maximum Gasteiger partial charge on any atom is 0.264 e. The van der Waals surface area contributed by atoms with E-state index in [0.29, 0.717) is 82.1 Å². The Morgan fingerprint density at radius 2 is 1.58 bits per heavy atom. The van der Waals surface area contributed by atoms with Gasteiger partial charge < -0.3 is 29.4 Å². The van der Waals surface area contributed by atoms with Crippen molar-refractivity contribution in [1.82, 2.24) is 59.5 Å². The summed E-state index contributed by atoms with van der Waals surface area (Å²) in [5, 5.41) is 17.0. The number of aromatic nitrogens is 8. The number of imidazole rings is 1. The van der Waals surface area contributed by atoms with Crippen LogP contribution in [0.2, 0.25) is 0 Å². The van der Waals surface area contributed by atoms with Gasteiger partial charge in [0.2, 0.25) is 17.8 Å². The number of nitrogens with one attached hydrogen (secondary N) is 3. The number of ether oxygens (including phenoxy) is 3. The number of carbonyl (C=O) groups excluding carboxylic acids is 4. The van der Waals surface area contributed by atoms with Gasteiger partial charge in [-0.3, -0.25) is 39.2 Å². The zero-order valence-electron chi connectivity index (χ0n) is 40.3. The summed E-state index contributed by atoms with van der Waals surface area (Å²) >= 11 is 0. The van der Waals surface area contributed by atoms with Gasteiger partial charge in [-0.25, -0.2) is 33.4 Å². The zero-order chi connectivity index (χ0) is 50.3. The second kappa shape index (κ2) is 22.5. The molecular formula is C49H56F2N14O7. The number of piperazine rings is 1. The van der Waals surface area contributed by atoms with Crippen molar-refractivity contribution in [2.24, 2.45) is 0 Å². The number of piperidine rings is 1. The highest BCUT2D eigenvalue weighted by molar-refractivity contribution is 6.25. The molecule has 378 valence electrons. The van der Waals surface area contributed by atoms with Crippen molar-refractivity contribution in [2.75, 3.05) is 83.0 Å². The summed E-state index contributed by atoms with van der Waals surface area (Å²) in [5.41, 5.74) is 3.87. The third-order valence-corrected chi connectivity index (χ3v) is 12.6. The summed E-state index contributed by atoms with van der Waals surface area (Å²) in [4.78, 5) is 73.4. The second-order valence-electron chi connectivity index (χ2n) is 18.0. The number of hydrogen-bond donors (Lipinski definition) is 3. The second-order valence-corrected chi connectivity index (χ2v) is 18.0. The van der Waals surface area contributed by atoms with Crippen LogP contribution in [-0.2, 0) is 43.4 Å². The van der Waals surface area contributed by atoms with Crippen LogP contribution in [0.3, 0.4) is 0 Å². The molecule has 3 N–H and O–H groups in total. The minimum absolute atomic E-state index is 0.0290. The zero-order valence-corrected chi connectivity index (χ0v) is 40.3. The number of amides is 4. The molecule has 0 aliphatic carbocycles. The molecule has 0 bridgehead atoms. The van der Waals surface area contributed by atoms with Gasteiger partial charge in [0.25, 0.3) is 11.8 Å². The SMILES string of the molecule is Cc1nc2c(F)cc(-c3nc(Nc4ccc(CN5CCN(Cc6cn(CCOCCOCCOCCNc7cccc8c7C(=O)N(C7CCC(=O)NC7=O)C8=O)nn6)CC5)cn4)ncc3F)cc2n1C(C)C. The fourth-order valence-corrected chi connectivity index (χ4v) is 9.13. The van der Waals surface area contributed by atoms with Crippen LogP contribution in [0.15, 0.2) is 61.1 Å². The Morgan fingerprint density at radius 3 is 2.32 bits per heavy atom. The Labute approximate surface area is 413 Å². The fourth-order valence-electron chi connectivity index (χ4n) is 9.13. The van der Waals surface area contributed by atoms with Gasteiger partial charge in [0, 0.05) is 81.9 Å². The largest absolute Gasteiger partial charge is 0.382 e. The maximum absolute atomic E-state index is 15.2. The van der Waals surface area contributed by atoms with Gasteiger partial charge >= 0.3 is 0 Å². The Kier molecular flexibility index (Phi) is 15.6. The molecule has 2 saturated heterocycles. The average molecular weight is 991 g/mol. The van der Waals surface area contributed by atoms with Crippen LogP contribution in [0.4, 0.5) is 26.2 Å². The van der Waals surface area contributed by atoms with E-state index in [0.717, 1.165) is 55.1 Å². The molecule has 0 spiro atoms. The van der Waals surface area contributed by atoms with Crippen molar-refractivity contribution >= 4 is 52.1 Å². The summed E-state index contributed by atoms with van der Waals surface area (Å²) in [7, 11) is 0. The van der Waals surface area contributed by atoms with Gasteiger partial charge in [0.1, 0.15) is 28.9 Å². The minimum atomic E-state index is -1.02. The van der Waals surface area contributed by atoms with E-state index in [9.17, 15) is 19.2 Å². The number of aryl methyl sites for hydroxylation is 1. The number of benzene rings is 2. The molecule has 2 aromatic carbocycles. The van der Waals surface area contributed by atoms with Gasteiger partial charge in [-0.15, -0.1) is 5.10 Å². The molecule has 4 aromatic heterocycles. The molecule has 1 unspecified atom stereocenters. The highest BCUT2D eigenvalue weighted by Gasteiger charge is 2.45. The van der Waals surface area contributed by atoms with Gasteiger partial charge in [0.15, 0.2) is 11.6 Å². The van der Waals surface area contributed by atoms with Crippen LogP contribution in [0.5, 0.6) is 0 Å². The van der Waals surface area contributed by atoms with Crippen molar-refractivity contribution in [3.05, 3.63) is 101 Å². The van der Waals surface area contributed by atoms with Gasteiger partial charge in [-0.2, -0.15) is 0 Å². The Morgan fingerprint density at radius 1 is 0.833 bits per heavy atom. The van der Waals surface area contributed by atoms with Gasteiger partial charge in [-0.1, -0.05) is 17.3 Å². The van der Waals surface area contributed by atoms with Crippen LogP contribution >= 0.6 is 0 Å². The predicted octanol–water partition coefficient (Wildman–Crippen LogP) is 4.27. The molecule has 1 atom stereocenters. The molecule has 21 nitrogen and oxygen atoms in total. The number of imide groups is 2. The molecular weight excluding hydrogens is 935 g/mol. The number of rotatable bonds is 22. The van der Waals surface area contributed by atoms with Gasteiger partial charge in [0.05, 0.1) is 74.7 Å². The third-order valence-electron chi connectivity index (χ3n) is 12.6. The molecule has 2 fully saturated rings. The van der Waals surface area contributed by atoms with Crippen molar-refractivity contribution in [3.63, 3.8) is 0 Å². The highest BCUT2D eigenvalue weighted by atomic mass is 19.1. The monoisotopic (exact) mass is 990 g/mol. The average Bonchev–Trinajstić information content (AvgIpc) is 4.04. The van der Waals surface area contributed by atoms with Crippen LogP contribution < -0.4 is 16.0 Å². The Balaban J connectivity index is 0.622. The summed E-state index contributed by atoms with van der Waals surface area (Å²) in [6, 6.07) is 10.7. The van der Waals surface area contributed by atoms with E-state index >= 15 is 8.78 Å². The minimum Gasteiger partial charge on any atom is -0.382 e. The summed E-state index contributed by atoms with van der Waals surface area (Å²) < 4.78 is 50.9. The maximum atomic E-state index is 15.2. The molecule has 0 radical (unpaired) electrons. The predicted molar refractivity (Wildman–Crippen MR) is 258 cm³/mol. The molecule has 9 rings (SSSR count). The number of pyridine rings is 1. The smallest absolute Gasteiger partial charge is 0.264 e. The lowest BCUT2D eigenvalue weighted by molar-refractivity contribution is -0.136. The molecule has 0 saturated carbocycles. The summed E-state index contributed by atoms with van der Waals surface area (Å²) in [6.07, 6.45) is 4.95. The van der Waals surface area contributed by atoms with E-state index in [1.54, 1.807) is 35.1 Å². The highest BCUT2D eigenvalue weighted by Crippen LogP contribution is 2.33. The van der Waals surface area contributed by atoms with Crippen molar-refractivity contribution in [3.8, 4) is 11.3 Å². The van der Waals surface area contributed by atoms with Crippen molar-refractivity contribution in [2.45, 2.75) is 65.3 Å². The lowest BCUT2D eigenvalue weighted by atomic mass is 10.0. The van der Waals surface area contributed by atoms with Crippen molar-refractivity contribution in [1.29, 1.82) is 0 Å². The Bertz CT molecular complexity index is 2940. The van der Waals surface area contributed by atoms with Gasteiger partial charge in [-0.05, 0) is 63.1 Å². The number of fused-ring (bicyclic) bond motifs is 2. The molecule has 6 aromatic rings. The number of nitrogens with zero attached hydrogens (tertiary/aromatic N) is 11. The van der Waals surface area contributed by atoms with Crippen LogP contribution in [-0.4, -0.2) is 156 Å². The van der Waals surface area contributed by atoms with E-state index < -0.39 is 41.3 Å². The number of anilines is 3. The fraction of sp³-hybridized carbons (Fsp3) is 0.429. The summed E-state index contributed by atoms with van der Waals surface area (Å²) in [6.45, 7) is 14.0. The summed E-state index contributed by atoms with van der Waals surface area (Å²) in [5.74, 6) is -2.12. The topological polar surface area (TPSA) is 229 Å². The molecule has 72 heavy (non-hydrogen) atoms. The molecule has 3 aliphatic rings. The first kappa shape index (κ1) is 49.8. The van der Waals surface area contributed by atoms with E-state index in [2.05, 4.69) is 56.0 Å². The normalized spacial score (nSPS) is 16.6. The lowest BCUT2D eigenvalue weighted by Crippen LogP contribution is -2.54. The molecule has 7 heterocycles. The Hall–Kier alpha value is -7.18. The van der Waals surface area contributed by atoms with Crippen molar-refractivity contribution < 1.29 is 42.2 Å². The number of carbonyl (C=O) groups is 4. The first-order chi connectivity index (χ1) is 34.9. The standard InChI is InChI=1S/C49H56F2N14O7/c1-30(2)64-31(3)55-45-36(50)23-33(24-40(45)64)44-37(51)26-54-49(58-44)56-41-9-7-32(25-53-41)27-61-12-14-62(15-13-61)28-34-29-63(60-59-34)16-18-71-20-22-72-21-19-70-17-11-52-38-6-4-5-35-43(38)48(69)65(47(35)68)39-8-10-42(66)57-46(39)67/h4-7,9,23-26,29-30,39,52H,8,10-22,27-28H2,1-3H3,(H,57,66,67)(H,53,54,56,58). The number of halogens is 2. The molecule has 4 amide bonds. The lowest BCUT2D eigenvalue weighted by Gasteiger charge is -2.34.